The van der Waals surface area contributed by atoms with Crippen LogP contribution in [-0.2, 0) is 14.8 Å². The minimum absolute atomic E-state index is 0. The zero-order chi connectivity index (χ0) is 17.9. The molecule has 144 valence electrons. The van der Waals surface area contributed by atoms with E-state index in [0.29, 0.717) is 50.1 Å². The molecule has 1 saturated heterocycles. The first kappa shape index (κ1) is 20.9. The highest BCUT2D eigenvalue weighted by atomic mass is 35.5. The van der Waals surface area contributed by atoms with Crippen molar-refractivity contribution >= 4 is 33.4 Å². The van der Waals surface area contributed by atoms with E-state index < -0.39 is 15.6 Å². The Morgan fingerprint density at radius 3 is 2.62 bits per heavy atom. The molecule has 26 heavy (non-hydrogen) atoms. The minimum atomic E-state index is -3.57. The number of benzene rings is 1. The Hall–Kier alpha value is -1.45. The van der Waals surface area contributed by atoms with Gasteiger partial charge in [0.1, 0.15) is 5.58 Å². The molecule has 9 heteroatoms. The van der Waals surface area contributed by atoms with Gasteiger partial charge in [-0.05, 0) is 50.1 Å². The van der Waals surface area contributed by atoms with Crippen molar-refractivity contribution in [3.63, 3.8) is 0 Å². The number of piperidine rings is 1. The van der Waals surface area contributed by atoms with Crippen molar-refractivity contribution in [2.45, 2.75) is 30.3 Å². The smallest absolute Gasteiger partial charge is 0.336 e. The van der Waals surface area contributed by atoms with Crippen LogP contribution < -0.4 is 11.4 Å². The molecule has 0 aliphatic carbocycles. The lowest BCUT2D eigenvalue weighted by atomic mass is 10.1. The quantitative estimate of drug-likeness (QED) is 0.583. The first-order valence-electron chi connectivity index (χ1n) is 8.36. The number of ether oxygens (including phenoxy) is 1. The molecule has 2 heterocycles. The monoisotopic (exact) mass is 402 g/mol. The molecule has 0 atom stereocenters. The zero-order valence-electron chi connectivity index (χ0n) is 14.3. The molecule has 1 aliphatic heterocycles. The van der Waals surface area contributed by atoms with E-state index in [1.807, 2.05) is 0 Å². The number of hydrogen-bond donors (Lipinski definition) is 1. The summed E-state index contributed by atoms with van der Waals surface area (Å²) in [6.07, 6.45) is 2.24. The summed E-state index contributed by atoms with van der Waals surface area (Å²) >= 11 is 0. The summed E-state index contributed by atoms with van der Waals surface area (Å²) in [6.45, 7) is 2.06. The van der Waals surface area contributed by atoms with Gasteiger partial charge in [-0.2, -0.15) is 4.31 Å². The van der Waals surface area contributed by atoms with Crippen LogP contribution in [0.2, 0.25) is 0 Å². The van der Waals surface area contributed by atoms with Crippen LogP contribution in [0, 0.1) is 0 Å². The van der Waals surface area contributed by atoms with Gasteiger partial charge in [-0.15, -0.1) is 12.4 Å². The highest BCUT2D eigenvalue weighted by Gasteiger charge is 2.29. The largest absolute Gasteiger partial charge is 0.423 e. The van der Waals surface area contributed by atoms with Crippen molar-refractivity contribution in [2.24, 2.45) is 5.73 Å². The van der Waals surface area contributed by atoms with Gasteiger partial charge in [0.05, 0.1) is 11.0 Å². The molecule has 3 rings (SSSR count). The third-order valence-corrected chi connectivity index (χ3v) is 6.23. The predicted octanol–water partition coefficient (Wildman–Crippen LogP) is 1.73. The van der Waals surface area contributed by atoms with E-state index in [0.717, 1.165) is 6.42 Å². The molecule has 1 fully saturated rings. The van der Waals surface area contributed by atoms with Crippen LogP contribution in [0.4, 0.5) is 0 Å². The van der Waals surface area contributed by atoms with Crippen LogP contribution in [0.1, 0.15) is 19.3 Å². The fourth-order valence-electron chi connectivity index (χ4n) is 2.93. The fraction of sp³-hybridized carbons (Fsp3) is 0.471. The molecule has 0 amide bonds. The van der Waals surface area contributed by atoms with Gasteiger partial charge in [-0.25, -0.2) is 13.2 Å². The summed E-state index contributed by atoms with van der Waals surface area (Å²) in [4.78, 5) is 11.4. The third-order valence-electron chi connectivity index (χ3n) is 4.33. The maximum Gasteiger partial charge on any atom is 0.336 e. The van der Waals surface area contributed by atoms with E-state index in [-0.39, 0.29) is 23.4 Å². The molecule has 0 bridgehead atoms. The van der Waals surface area contributed by atoms with E-state index in [2.05, 4.69) is 0 Å². The second-order valence-corrected chi connectivity index (χ2v) is 8.01. The molecular weight excluding hydrogens is 380 g/mol. The Morgan fingerprint density at radius 2 is 1.92 bits per heavy atom. The van der Waals surface area contributed by atoms with Crippen LogP contribution in [0.3, 0.4) is 0 Å². The van der Waals surface area contributed by atoms with Crippen molar-refractivity contribution in [3.05, 3.63) is 40.8 Å². The Balaban J connectivity index is 0.00000243. The lowest BCUT2D eigenvalue weighted by Gasteiger charge is -2.31. The van der Waals surface area contributed by atoms with Crippen LogP contribution in [0.15, 0.2) is 44.4 Å². The zero-order valence-corrected chi connectivity index (χ0v) is 15.9. The SMILES string of the molecule is Cl.NCCCOC1CCN(S(=O)(=O)c2ccc3oc(=O)ccc3c2)CC1. The van der Waals surface area contributed by atoms with Crippen molar-refractivity contribution in [1.29, 1.82) is 0 Å². The summed E-state index contributed by atoms with van der Waals surface area (Å²) in [6, 6.07) is 7.38. The Bertz CT molecular complexity index is 891. The number of hydrogen-bond acceptors (Lipinski definition) is 6. The topological polar surface area (TPSA) is 103 Å². The van der Waals surface area contributed by atoms with E-state index in [9.17, 15) is 13.2 Å². The first-order chi connectivity index (χ1) is 12.0. The van der Waals surface area contributed by atoms with Crippen LogP contribution in [0.25, 0.3) is 11.0 Å². The van der Waals surface area contributed by atoms with Crippen molar-refractivity contribution in [3.8, 4) is 0 Å². The summed E-state index contributed by atoms with van der Waals surface area (Å²) in [5.41, 5.74) is 5.36. The number of fused-ring (bicyclic) bond motifs is 1. The lowest BCUT2D eigenvalue weighted by Crippen LogP contribution is -2.41. The Labute approximate surface area is 158 Å². The molecule has 1 aliphatic rings. The van der Waals surface area contributed by atoms with Gasteiger partial charge in [-0.3, -0.25) is 0 Å². The first-order valence-corrected chi connectivity index (χ1v) is 9.80. The van der Waals surface area contributed by atoms with Crippen LogP contribution >= 0.6 is 12.4 Å². The average Bonchev–Trinajstić information content (AvgIpc) is 2.62. The van der Waals surface area contributed by atoms with Gasteiger partial charge in [0, 0.05) is 31.1 Å². The molecule has 0 saturated carbocycles. The Morgan fingerprint density at radius 1 is 1.19 bits per heavy atom. The average molecular weight is 403 g/mol. The molecule has 7 nitrogen and oxygen atoms in total. The molecule has 0 spiro atoms. The molecule has 0 radical (unpaired) electrons. The second-order valence-electron chi connectivity index (χ2n) is 6.07. The van der Waals surface area contributed by atoms with Gasteiger partial charge in [-0.1, -0.05) is 0 Å². The molecule has 2 N–H and O–H groups in total. The summed E-state index contributed by atoms with van der Waals surface area (Å²) in [7, 11) is -3.57. The van der Waals surface area contributed by atoms with Gasteiger partial charge in [0.2, 0.25) is 10.0 Å². The standard InChI is InChI=1S/C17H22N2O5S.ClH/c18-8-1-11-23-14-6-9-19(10-7-14)25(21,22)15-3-4-16-13(12-15)2-5-17(20)24-16;/h2-5,12,14H,1,6-11,18H2;1H. The number of halogens is 1. The van der Waals surface area contributed by atoms with E-state index in [1.165, 1.54) is 28.6 Å². The summed E-state index contributed by atoms with van der Waals surface area (Å²) < 4.78 is 37.9. The number of nitrogens with two attached hydrogens (primary N) is 1. The van der Waals surface area contributed by atoms with Gasteiger partial charge in [0.15, 0.2) is 0 Å². The van der Waals surface area contributed by atoms with E-state index >= 15 is 0 Å². The minimum Gasteiger partial charge on any atom is -0.423 e. The Kier molecular flexibility index (Phi) is 7.19. The molecule has 2 aromatic rings. The molecular formula is C17H23ClN2O5S. The highest BCUT2D eigenvalue weighted by molar-refractivity contribution is 7.89. The van der Waals surface area contributed by atoms with Gasteiger partial charge >= 0.3 is 5.63 Å². The highest BCUT2D eigenvalue weighted by Crippen LogP contribution is 2.24. The van der Waals surface area contributed by atoms with Crippen LogP contribution in [0.5, 0.6) is 0 Å². The maximum atomic E-state index is 12.8. The number of nitrogens with zero attached hydrogens (tertiary/aromatic N) is 1. The fourth-order valence-corrected chi connectivity index (χ4v) is 4.44. The van der Waals surface area contributed by atoms with Crippen LogP contribution in [-0.4, -0.2) is 45.1 Å². The van der Waals surface area contributed by atoms with Crippen molar-refractivity contribution < 1.29 is 17.6 Å². The molecule has 1 aromatic carbocycles. The normalized spacial score (nSPS) is 16.5. The van der Waals surface area contributed by atoms with Crippen molar-refractivity contribution in [2.75, 3.05) is 26.2 Å². The maximum absolute atomic E-state index is 12.8. The summed E-state index contributed by atoms with van der Waals surface area (Å²) in [5, 5.41) is 0.584. The molecule has 0 unspecified atom stereocenters. The lowest BCUT2D eigenvalue weighted by molar-refractivity contribution is 0.0209. The second kappa shape index (κ2) is 8.96. The molecule has 1 aromatic heterocycles. The predicted molar refractivity (Wildman–Crippen MR) is 101 cm³/mol. The van der Waals surface area contributed by atoms with E-state index in [4.69, 9.17) is 14.9 Å². The van der Waals surface area contributed by atoms with E-state index in [1.54, 1.807) is 6.07 Å². The number of rotatable bonds is 6. The number of sulfonamides is 1. The van der Waals surface area contributed by atoms with Gasteiger partial charge in [0.25, 0.3) is 0 Å². The van der Waals surface area contributed by atoms with Gasteiger partial charge < -0.3 is 14.9 Å². The summed E-state index contributed by atoms with van der Waals surface area (Å²) in [5.74, 6) is 0. The van der Waals surface area contributed by atoms with Crippen molar-refractivity contribution in [1.82, 2.24) is 4.31 Å². The third kappa shape index (κ3) is 4.63.